The number of imide groups is 1. The van der Waals surface area contributed by atoms with E-state index in [-0.39, 0.29) is 30.5 Å². The maximum Gasteiger partial charge on any atom is 0.345 e. The molecule has 1 heterocycles. The van der Waals surface area contributed by atoms with Crippen molar-refractivity contribution in [2.45, 2.75) is 11.8 Å². The molecule has 2 aromatic carbocycles. The molecule has 3 rings (SSSR count). The number of amides is 2. The highest BCUT2D eigenvalue weighted by Crippen LogP contribution is 2.69. The lowest BCUT2D eigenvalue weighted by atomic mass is 10.1. The van der Waals surface area contributed by atoms with Crippen LogP contribution in [0.4, 0.5) is 0 Å². The van der Waals surface area contributed by atoms with Crippen LogP contribution in [0.5, 0.6) is 5.75 Å². The standard InChI is InChI=1S/C18H19NO9P2/c20-16-14-4-1-2-5-15(14)17(21)19(16)10-3-11-28-13-8-6-12(7-9-13)18(29(22,23)24)30(25,26)27/h1-2,4-9,18H,3,10-11H2,(H2,22,23,24)(H2,25,26,27). The van der Waals surface area contributed by atoms with Crippen LogP contribution in [0.15, 0.2) is 48.5 Å². The van der Waals surface area contributed by atoms with Gasteiger partial charge < -0.3 is 24.3 Å². The van der Waals surface area contributed by atoms with Gasteiger partial charge in [-0.25, -0.2) is 0 Å². The highest BCUT2D eigenvalue weighted by Gasteiger charge is 2.44. The summed E-state index contributed by atoms with van der Waals surface area (Å²) in [6.45, 7) is 0.302. The molecule has 4 N–H and O–H groups in total. The van der Waals surface area contributed by atoms with Crippen molar-refractivity contribution < 1.29 is 43.0 Å². The molecule has 0 saturated carbocycles. The van der Waals surface area contributed by atoms with Gasteiger partial charge in [0.15, 0.2) is 5.40 Å². The third kappa shape index (κ3) is 4.70. The fraction of sp³-hybridized carbons (Fsp3) is 0.222. The first-order valence-corrected chi connectivity index (χ1v) is 12.1. The maximum absolute atomic E-state index is 12.3. The quantitative estimate of drug-likeness (QED) is 0.265. The second-order valence-corrected chi connectivity index (χ2v) is 10.4. The van der Waals surface area contributed by atoms with Crippen molar-refractivity contribution in [3.63, 3.8) is 0 Å². The topological polar surface area (TPSA) is 162 Å². The summed E-state index contributed by atoms with van der Waals surface area (Å²) in [5, 5.41) is -2.24. The number of hydrogen-bond donors (Lipinski definition) is 4. The number of carbonyl (C=O) groups is 2. The summed E-state index contributed by atoms with van der Waals surface area (Å²) in [5.74, 6) is -0.418. The molecule has 1 aliphatic rings. The third-order valence-corrected chi connectivity index (χ3v) is 8.16. The van der Waals surface area contributed by atoms with Gasteiger partial charge in [-0.05, 0) is 36.2 Å². The molecule has 2 aromatic rings. The maximum atomic E-state index is 12.3. The van der Waals surface area contributed by atoms with Gasteiger partial charge in [0.2, 0.25) is 0 Å². The predicted octanol–water partition coefficient (Wildman–Crippen LogP) is 2.11. The van der Waals surface area contributed by atoms with Crippen molar-refractivity contribution in [1.82, 2.24) is 4.90 Å². The lowest BCUT2D eigenvalue weighted by molar-refractivity contribution is 0.0646. The van der Waals surface area contributed by atoms with Gasteiger partial charge in [-0.1, -0.05) is 24.3 Å². The van der Waals surface area contributed by atoms with Crippen molar-refractivity contribution in [2.24, 2.45) is 0 Å². The minimum atomic E-state index is -5.08. The number of fused-ring (bicyclic) bond motifs is 1. The van der Waals surface area contributed by atoms with Crippen LogP contribution >= 0.6 is 15.2 Å². The van der Waals surface area contributed by atoms with Crippen molar-refractivity contribution in [1.29, 1.82) is 0 Å². The molecule has 0 unspecified atom stereocenters. The smallest absolute Gasteiger partial charge is 0.345 e. The zero-order chi connectivity index (χ0) is 22.1. The molecular formula is C18H19NO9P2. The zero-order valence-corrected chi connectivity index (χ0v) is 17.3. The van der Waals surface area contributed by atoms with Crippen LogP contribution in [0.3, 0.4) is 0 Å². The molecule has 0 bridgehead atoms. The van der Waals surface area contributed by atoms with Gasteiger partial charge in [0, 0.05) is 6.54 Å². The first-order chi connectivity index (χ1) is 14.0. The van der Waals surface area contributed by atoms with Gasteiger partial charge in [0.1, 0.15) is 5.75 Å². The third-order valence-electron chi connectivity index (χ3n) is 4.49. The summed E-state index contributed by atoms with van der Waals surface area (Å²) < 4.78 is 28.4. The fourth-order valence-corrected chi connectivity index (χ4v) is 5.86. The first-order valence-electron chi connectivity index (χ1n) is 8.78. The summed E-state index contributed by atoms with van der Waals surface area (Å²) in [4.78, 5) is 62.7. The van der Waals surface area contributed by atoms with E-state index in [1.54, 1.807) is 24.3 Å². The summed E-state index contributed by atoms with van der Waals surface area (Å²) >= 11 is 0. The van der Waals surface area contributed by atoms with Crippen LogP contribution < -0.4 is 4.74 Å². The minimum Gasteiger partial charge on any atom is -0.494 e. The van der Waals surface area contributed by atoms with Gasteiger partial charge in [-0.15, -0.1) is 0 Å². The van der Waals surface area contributed by atoms with E-state index in [4.69, 9.17) is 4.74 Å². The number of rotatable bonds is 8. The average Bonchev–Trinajstić information content (AvgIpc) is 2.89. The van der Waals surface area contributed by atoms with E-state index >= 15 is 0 Å². The van der Waals surface area contributed by atoms with Gasteiger partial charge in [0.25, 0.3) is 11.8 Å². The van der Waals surface area contributed by atoms with E-state index < -0.39 is 20.6 Å². The summed E-state index contributed by atoms with van der Waals surface area (Å²) in [5.41, 5.74) is 0.516. The molecule has 0 saturated heterocycles. The molecule has 0 radical (unpaired) electrons. The molecule has 0 aromatic heterocycles. The Morgan fingerprint density at radius 1 is 0.833 bits per heavy atom. The van der Waals surface area contributed by atoms with Crippen LogP contribution in [0.2, 0.25) is 0 Å². The van der Waals surface area contributed by atoms with E-state index in [9.17, 15) is 38.3 Å². The van der Waals surface area contributed by atoms with Crippen molar-refractivity contribution in [3.8, 4) is 5.75 Å². The largest absolute Gasteiger partial charge is 0.494 e. The number of benzene rings is 2. The van der Waals surface area contributed by atoms with Gasteiger partial charge >= 0.3 is 15.2 Å². The summed E-state index contributed by atoms with van der Waals surface area (Å²) in [6, 6.07) is 11.6. The monoisotopic (exact) mass is 455 g/mol. The molecule has 2 amide bonds. The molecular weight excluding hydrogens is 436 g/mol. The Hall–Kier alpha value is -2.32. The Morgan fingerprint density at radius 3 is 1.80 bits per heavy atom. The number of carbonyl (C=O) groups excluding carboxylic acids is 2. The van der Waals surface area contributed by atoms with Crippen LogP contribution in [-0.4, -0.2) is 49.4 Å². The number of ether oxygens (including phenoxy) is 1. The SMILES string of the molecule is O=C1c2ccccc2C(=O)N1CCCOc1ccc(C(P(=O)(O)O)P(=O)(O)O)cc1. The molecule has 10 nitrogen and oxygen atoms in total. The zero-order valence-electron chi connectivity index (χ0n) is 15.5. The lowest BCUT2D eigenvalue weighted by Crippen LogP contribution is -2.31. The molecule has 0 fully saturated rings. The number of hydrogen-bond acceptors (Lipinski definition) is 5. The Morgan fingerprint density at radius 2 is 1.33 bits per heavy atom. The van der Waals surface area contributed by atoms with Crippen LogP contribution in [0.1, 0.15) is 38.1 Å². The lowest BCUT2D eigenvalue weighted by Gasteiger charge is -2.20. The molecule has 30 heavy (non-hydrogen) atoms. The second-order valence-electron chi connectivity index (χ2n) is 6.63. The van der Waals surface area contributed by atoms with Gasteiger partial charge in [-0.2, -0.15) is 0 Å². The van der Waals surface area contributed by atoms with Crippen molar-refractivity contribution in [2.75, 3.05) is 13.2 Å². The molecule has 0 spiro atoms. The Kier molecular flexibility index (Phi) is 6.29. The number of nitrogens with zero attached hydrogens (tertiary/aromatic N) is 1. The van der Waals surface area contributed by atoms with E-state index in [1.165, 1.54) is 24.3 Å². The molecule has 0 aliphatic carbocycles. The molecule has 160 valence electrons. The predicted molar refractivity (Wildman–Crippen MR) is 105 cm³/mol. The molecule has 12 heteroatoms. The molecule has 1 aliphatic heterocycles. The van der Waals surface area contributed by atoms with Gasteiger partial charge in [-0.3, -0.25) is 23.6 Å². The Bertz CT molecular complexity index is 1000. The van der Waals surface area contributed by atoms with Crippen LogP contribution in [0.25, 0.3) is 0 Å². The Balaban J connectivity index is 1.57. The van der Waals surface area contributed by atoms with Crippen LogP contribution in [0, 0.1) is 0 Å². The van der Waals surface area contributed by atoms with Crippen LogP contribution in [-0.2, 0) is 9.13 Å². The van der Waals surface area contributed by atoms with E-state index in [2.05, 4.69) is 0 Å². The second kappa shape index (κ2) is 8.43. The van der Waals surface area contributed by atoms with Crippen molar-refractivity contribution >= 4 is 27.0 Å². The average molecular weight is 455 g/mol. The van der Waals surface area contributed by atoms with Crippen molar-refractivity contribution in [3.05, 3.63) is 65.2 Å². The highest BCUT2D eigenvalue weighted by atomic mass is 31.2. The van der Waals surface area contributed by atoms with E-state index in [1.807, 2.05) is 0 Å². The fourth-order valence-electron chi connectivity index (χ4n) is 3.18. The van der Waals surface area contributed by atoms with E-state index in [0.29, 0.717) is 23.3 Å². The van der Waals surface area contributed by atoms with E-state index in [0.717, 1.165) is 4.90 Å². The minimum absolute atomic E-state index is 0.146. The normalized spacial score (nSPS) is 14.4. The van der Waals surface area contributed by atoms with Gasteiger partial charge in [0.05, 0.1) is 17.7 Å². The summed E-state index contributed by atoms with van der Waals surface area (Å²) in [6.07, 6.45) is 0.348. The highest BCUT2D eigenvalue weighted by molar-refractivity contribution is 7.70. The first kappa shape index (κ1) is 22.4. The molecule has 0 atom stereocenters. The summed E-state index contributed by atoms with van der Waals surface area (Å²) in [7, 11) is -10.2. The Labute approximate surface area is 171 Å².